The van der Waals surface area contributed by atoms with E-state index in [1.165, 1.54) is 0 Å². The van der Waals surface area contributed by atoms with Gasteiger partial charge in [0.15, 0.2) is 0 Å². The molecule has 0 N–H and O–H groups in total. The van der Waals surface area contributed by atoms with E-state index in [1.54, 1.807) is 4.68 Å². The lowest BCUT2D eigenvalue weighted by molar-refractivity contribution is -0.0457. The smallest absolute Gasteiger partial charge is 0.216 e. The maximum absolute atomic E-state index is 13.3. The lowest BCUT2D eigenvalue weighted by Gasteiger charge is -2.28. The molecule has 0 aromatic carbocycles. The van der Waals surface area contributed by atoms with Crippen molar-refractivity contribution in [3.63, 3.8) is 0 Å². The molecule has 0 spiro atoms. The molecule has 0 bridgehead atoms. The summed E-state index contributed by atoms with van der Waals surface area (Å²) in [6.45, 7) is 5.97. The number of alkyl halides is 2. The van der Waals surface area contributed by atoms with Gasteiger partial charge in [0.05, 0.1) is 5.69 Å². The second kappa shape index (κ2) is 6.57. The molecule has 24 heavy (non-hydrogen) atoms. The molecule has 0 atom stereocenters. The van der Waals surface area contributed by atoms with Crippen LogP contribution in [0.15, 0.2) is 12.1 Å². The van der Waals surface area contributed by atoms with Gasteiger partial charge in [-0.15, -0.1) is 0 Å². The minimum Gasteiger partial charge on any atom is -0.216 e. The van der Waals surface area contributed by atoms with Crippen LogP contribution in [-0.2, 0) is 12.8 Å². The molecule has 0 amide bonds. The molecule has 0 aliphatic heterocycles. The van der Waals surface area contributed by atoms with Crippen LogP contribution >= 0.6 is 0 Å². The summed E-state index contributed by atoms with van der Waals surface area (Å²) in [4.78, 5) is 9.24. The van der Waals surface area contributed by atoms with Crippen molar-refractivity contribution < 1.29 is 8.78 Å². The molecule has 6 heteroatoms. The van der Waals surface area contributed by atoms with Gasteiger partial charge in [-0.25, -0.2) is 23.4 Å². The third-order valence-corrected chi connectivity index (χ3v) is 4.72. The second-order valence-corrected chi connectivity index (χ2v) is 6.85. The topological polar surface area (TPSA) is 43.6 Å². The zero-order valence-electron chi connectivity index (χ0n) is 14.5. The highest BCUT2D eigenvalue weighted by Crippen LogP contribution is 2.37. The Hall–Kier alpha value is -1.85. The van der Waals surface area contributed by atoms with E-state index in [2.05, 4.69) is 22.0 Å². The Labute approximate surface area is 141 Å². The molecule has 1 saturated carbocycles. The van der Waals surface area contributed by atoms with Crippen molar-refractivity contribution in [3.05, 3.63) is 34.9 Å². The lowest BCUT2D eigenvalue weighted by Crippen LogP contribution is -2.25. The minimum atomic E-state index is -2.48. The fourth-order valence-electron chi connectivity index (χ4n) is 3.35. The number of nitrogens with zero attached hydrogens (tertiary/aromatic N) is 4. The van der Waals surface area contributed by atoms with Crippen molar-refractivity contribution in [2.24, 2.45) is 5.92 Å². The van der Waals surface area contributed by atoms with Gasteiger partial charge in [0.1, 0.15) is 0 Å². The summed E-state index contributed by atoms with van der Waals surface area (Å²) in [5, 5.41) is 4.46. The number of hydrogen-bond acceptors (Lipinski definition) is 3. The van der Waals surface area contributed by atoms with Gasteiger partial charge < -0.3 is 0 Å². The molecule has 1 aliphatic carbocycles. The zero-order chi connectivity index (χ0) is 17.3. The summed E-state index contributed by atoms with van der Waals surface area (Å²) in [5.74, 6) is -1.63. The predicted octanol–water partition coefficient (Wildman–Crippen LogP) is 4.21. The number of aryl methyl sites for hydroxylation is 3. The standard InChI is InChI=1S/C18H24F2N4/c1-4-15-11-16(10-14-5-7-18(19,20)8-6-14)22-17(21-15)24-13(3)9-12(2)23-24/h9,11,14H,4-8,10H2,1-3H3. The number of rotatable bonds is 4. The molecular formula is C18H24F2N4. The second-order valence-electron chi connectivity index (χ2n) is 6.85. The highest BCUT2D eigenvalue weighted by Gasteiger charge is 2.35. The maximum atomic E-state index is 13.3. The molecule has 1 fully saturated rings. The molecule has 4 nitrogen and oxygen atoms in total. The third-order valence-electron chi connectivity index (χ3n) is 4.72. The molecule has 130 valence electrons. The van der Waals surface area contributed by atoms with Crippen LogP contribution in [-0.4, -0.2) is 25.7 Å². The van der Waals surface area contributed by atoms with E-state index in [0.29, 0.717) is 18.8 Å². The quantitative estimate of drug-likeness (QED) is 0.841. The zero-order valence-corrected chi connectivity index (χ0v) is 14.5. The first-order valence-corrected chi connectivity index (χ1v) is 8.64. The van der Waals surface area contributed by atoms with Crippen LogP contribution in [0.3, 0.4) is 0 Å². The van der Waals surface area contributed by atoms with E-state index in [4.69, 9.17) is 0 Å². The normalized spacial score (nSPS) is 18.0. The summed E-state index contributed by atoms with van der Waals surface area (Å²) in [7, 11) is 0. The van der Waals surface area contributed by atoms with Crippen LogP contribution < -0.4 is 0 Å². The van der Waals surface area contributed by atoms with Crippen molar-refractivity contribution in [2.45, 2.75) is 65.2 Å². The average molecular weight is 334 g/mol. The molecule has 0 unspecified atom stereocenters. The average Bonchev–Trinajstić information content (AvgIpc) is 2.88. The predicted molar refractivity (Wildman–Crippen MR) is 88.6 cm³/mol. The molecule has 2 aromatic heterocycles. The van der Waals surface area contributed by atoms with Crippen molar-refractivity contribution >= 4 is 0 Å². The van der Waals surface area contributed by atoms with E-state index < -0.39 is 5.92 Å². The fourth-order valence-corrected chi connectivity index (χ4v) is 3.35. The number of aromatic nitrogens is 4. The molecule has 2 aromatic rings. The van der Waals surface area contributed by atoms with Crippen LogP contribution in [0.4, 0.5) is 8.78 Å². The first kappa shape index (κ1) is 17.0. The molecule has 3 rings (SSSR count). The number of hydrogen-bond donors (Lipinski definition) is 0. The summed E-state index contributed by atoms with van der Waals surface area (Å²) >= 11 is 0. The van der Waals surface area contributed by atoms with Crippen LogP contribution in [0.1, 0.15) is 55.4 Å². The molecule has 1 aliphatic rings. The Morgan fingerprint density at radius 2 is 1.79 bits per heavy atom. The summed E-state index contributed by atoms with van der Waals surface area (Å²) in [5.41, 5.74) is 3.81. The van der Waals surface area contributed by atoms with E-state index in [1.807, 2.05) is 26.0 Å². The molecule has 0 saturated heterocycles. The van der Waals surface area contributed by atoms with Gasteiger partial charge in [-0.2, -0.15) is 5.10 Å². The summed E-state index contributed by atoms with van der Waals surface area (Å²) < 4.78 is 28.4. The van der Waals surface area contributed by atoms with Crippen LogP contribution in [0.5, 0.6) is 0 Å². The Morgan fingerprint density at radius 3 is 2.38 bits per heavy atom. The lowest BCUT2D eigenvalue weighted by atomic mass is 9.84. The summed E-state index contributed by atoms with van der Waals surface area (Å²) in [6, 6.07) is 3.99. The number of halogens is 2. The Bertz CT molecular complexity index is 714. The first-order chi connectivity index (χ1) is 11.4. The van der Waals surface area contributed by atoms with Crippen LogP contribution in [0.2, 0.25) is 0 Å². The van der Waals surface area contributed by atoms with Crippen molar-refractivity contribution in [3.8, 4) is 5.95 Å². The van der Waals surface area contributed by atoms with E-state index in [0.717, 1.165) is 35.6 Å². The van der Waals surface area contributed by atoms with Crippen LogP contribution in [0.25, 0.3) is 5.95 Å². The van der Waals surface area contributed by atoms with Crippen molar-refractivity contribution in [2.75, 3.05) is 0 Å². The Morgan fingerprint density at radius 1 is 1.12 bits per heavy atom. The van der Waals surface area contributed by atoms with Gasteiger partial charge >= 0.3 is 0 Å². The van der Waals surface area contributed by atoms with Gasteiger partial charge in [-0.05, 0) is 57.6 Å². The van der Waals surface area contributed by atoms with Crippen molar-refractivity contribution in [1.82, 2.24) is 19.7 Å². The van der Waals surface area contributed by atoms with E-state index in [9.17, 15) is 8.78 Å². The fraction of sp³-hybridized carbons (Fsp3) is 0.611. The highest BCUT2D eigenvalue weighted by atomic mass is 19.3. The monoisotopic (exact) mass is 334 g/mol. The highest BCUT2D eigenvalue weighted by molar-refractivity contribution is 5.23. The molecule has 2 heterocycles. The first-order valence-electron chi connectivity index (χ1n) is 8.64. The van der Waals surface area contributed by atoms with E-state index >= 15 is 0 Å². The largest absolute Gasteiger partial charge is 0.251 e. The Balaban J connectivity index is 1.83. The van der Waals surface area contributed by atoms with Gasteiger partial charge in [-0.3, -0.25) is 0 Å². The molecule has 0 radical (unpaired) electrons. The minimum absolute atomic E-state index is 0.00625. The van der Waals surface area contributed by atoms with Crippen molar-refractivity contribution in [1.29, 1.82) is 0 Å². The summed E-state index contributed by atoms with van der Waals surface area (Å²) in [6.07, 6.45) is 2.66. The Kier molecular flexibility index (Phi) is 4.65. The van der Waals surface area contributed by atoms with Gasteiger partial charge in [0, 0.05) is 29.9 Å². The van der Waals surface area contributed by atoms with Gasteiger partial charge in [0.25, 0.3) is 5.95 Å². The molecular weight excluding hydrogens is 310 g/mol. The SMILES string of the molecule is CCc1cc(CC2CCC(F)(F)CC2)nc(-n2nc(C)cc2C)n1. The van der Waals surface area contributed by atoms with Gasteiger partial charge in [-0.1, -0.05) is 6.92 Å². The maximum Gasteiger partial charge on any atom is 0.251 e. The van der Waals surface area contributed by atoms with Crippen LogP contribution in [0, 0.1) is 19.8 Å². The third kappa shape index (κ3) is 3.79. The van der Waals surface area contributed by atoms with E-state index in [-0.39, 0.29) is 18.8 Å². The van der Waals surface area contributed by atoms with Gasteiger partial charge in [0.2, 0.25) is 5.92 Å².